The molecule has 20 heavy (non-hydrogen) atoms. The number of hydrogen-bond acceptors (Lipinski definition) is 4. The Hall–Kier alpha value is -1.88. The first-order chi connectivity index (χ1) is 9.40. The van der Waals surface area contributed by atoms with Crippen LogP contribution in [0.2, 0.25) is 0 Å². The maximum absolute atomic E-state index is 12.2. The number of aromatic hydroxyl groups is 1. The monoisotopic (exact) mass is 290 g/mol. The molecule has 0 saturated carbocycles. The molecule has 1 atom stereocenters. The lowest BCUT2D eigenvalue weighted by Crippen LogP contribution is -2.26. The minimum atomic E-state index is -0.274. The van der Waals surface area contributed by atoms with Crippen LogP contribution in [-0.4, -0.2) is 16.0 Å². The quantitative estimate of drug-likeness (QED) is 0.912. The zero-order valence-corrected chi connectivity index (χ0v) is 12.8. The van der Waals surface area contributed by atoms with Crippen molar-refractivity contribution in [2.24, 2.45) is 0 Å². The number of rotatable bonds is 3. The Kier molecular flexibility index (Phi) is 4.09. The van der Waals surface area contributed by atoms with Gasteiger partial charge in [-0.05, 0) is 39.3 Å². The summed E-state index contributed by atoms with van der Waals surface area (Å²) in [5.41, 5.74) is 1.93. The third-order valence-electron chi connectivity index (χ3n) is 3.16. The molecule has 0 radical (unpaired) electrons. The third-order valence-corrected chi connectivity index (χ3v) is 4.42. The number of hydrogen-bond donors (Lipinski definition) is 2. The molecule has 0 aliphatic heterocycles. The van der Waals surface area contributed by atoms with Crippen molar-refractivity contribution in [1.82, 2.24) is 10.3 Å². The van der Waals surface area contributed by atoms with Crippen molar-refractivity contribution in [3.05, 3.63) is 44.9 Å². The number of benzene rings is 1. The summed E-state index contributed by atoms with van der Waals surface area (Å²) >= 11 is 1.58. The van der Waals surface area contributed by atoms with Crippen molar-refractivity contribution >= 4 is 17.2 Å². The molecule has 0 saturated heterocycles. The normalized spacial score (nSPS) is 12.2. The first kappa shape index (κ1) is 14.5. The zero-order valence-electron chi connectivity index (χ0n) is 12.0. The summed E-state index contributed by atoms with van der Waals surface area (Å²) < 4.78 is 0. The van der Waals surface area contributed by atoms with Gasteiger partial charge in [-0.2, -0.15) is 0 Å². The number of carbonyl (C=O) groups is 1. The molecule has 0 aliphatic rings. The molecule has 2 rings (SSSR count). The Labute approximate surface area is 122 Å². The summed E-state index contributed by atoms with van der Waals surface area (Å²) in [7, 11) is 0. The van der Waals surface area contributed by atoms with Crippen molar-refractivity contribution in [1.29, 1.82) is 0 Å². The molecule has 2 N–H and O–H groups in total. The zero-order chi connectivity index (χ0) is 14.9. The van der Waals surface area contributed by atoms with E-state index < -0.39 is 0 Å². The fraction of sp³-hybridized carbons (Fsp3) is 0.333. The number of thiazole rings is 1. The van der Waals surface area contributed by atoms with Gasteiger partial charge in [0.1, 0.15) is 5.75 Å². The predicted molar refractivity (Wildman–Crippen MR) is 80.3 cm³/mol. The molecule has 5 heteroatoms. The summed E-state index contributed by atoms with van der Waals surface area (Å²) in [6.45, 7) is 7.57. The minimum Gasteiger partial charge on any atom is -0.507 e. The van der Waals surface area contributed by atoms with Crippen molar-refractivity contribution in [2.45, 2.75) is 33.7 Å². The summed E-state index contributed by atoms with van der Waals surface area (Å²) in [6, 6.07) is 5.02. The topological polar surface area (TPSA) is 62.2 Å². The summed E-state index contributed by atoms with van der Waals surface area (Å²) in [5.74, 6) is -0.237. The Bertz CT molecular complexity index is 649. The van der Waals surface area contributed by atoms with Gasteiger partial charge in [0.05, 0.1) is 22.3 Å². The highest BCUT2D eigenvalue weighted by molar-refractivity contribution is 7.11. The molecule has 1 unspecified atom stereocenters. The maximum atomic E-state index is 12.2. The van der Waals surface area contributed by atoms with Gasteiger partial charge in [-0.1, -0.05) is 12.1 Å². The highest BCUT2D eigenvalue weighted by atomic mass is 32.1. The average molecular weight is 290 g/mol. The van der Waals surface area contributed by atoms with E-state index in [1.54, 1.807) is 36.5 Å². The van der Waals surface area contributed by atoms with Crippen LogP contribution < -0.4 is 5.32 Å². The van der Waals surface area contributed by atoms with E-state index in [1.165, 1.54) is 0 Å². The molecule has 106 valence electrons. The van der Waals surface area contributed by atoms with Gasteiger partial charge < -0.3 is 10.4 Å². The molecule has 0 spiro atoms. The van der Waals surface area contributed by atoms with Crippen LogP contribution in [0.1, 0.15) is 44.5 Å². The first-order valence-electron chi connectivity index (χ1n) is 6.43. The van der Waals surface area contributed by atoms with Crippen LogP contribution in [0.15, 0.2) is 18.2 Å². The number of para-hydroxylation sites is 1. The Balaban J connectivity index is 2.19. The molecular weight excluding hydrogens is 272 g/mol. The van der Waals surface area contributed by atoms with Crippen molar-refractivity contribution < 1.29 is 9.90 Å². The van der Waals surface area contributed by atoms with Gasteiger partial charge in [0.25, 0.3) is 5.91 Å². The van der Waals surface area contributed by atoms with Gasteiger partial charge in [-0.25, -0.2) is 4.98 Å². The van der Waals surface area contributed by atoms with E-state index in [4.69, 9.17) is 0 Å². The Morgan fingerprint density at radius 2 is 2.05 bits per heavy atom. The lowest BCUT2D eigenvalue weighted by molar-refractivity contribution is 0.0937. The number of carbonyl (C=O) groups excluding carboxylic acids is 1. The van der Waals surface area contributed by atoms with E-state index in [0.29, 0.717) is 11.1 Å². The molecule has 1 aromatic carbocycles. The highest BCUT2D eigenvalue weighted by Gasteiger charge is 2.18. The number of phenols is 1. The van der Waals surface area contributed by atoms with Gasteiger partial charge in [0, 0.05) is 4.88 Å². The molecule has 0 aliphatic carbocycles. The number of nitrogens with zero attached hydrogens (tertiary/aromatic N) is 1. The molecule has 1 amide bonds. The standard InChI is InChI=1S/C15H18N2O2S/c1-8-6-5-7-12(13(8)18)15(19)17-10(3)14-9(2)16-11(4)20-14/h5-7,10,18H,1-4H3,(H,17,19). The van der Waals surface area contributed by atoms with E-state index >= 15 is 0 Å². The summed E-state index contributed by atoms with van der Waals surface area (Å²) in [4.78, 5) is 17.6. The van der Waals surface area contributed by atoms with Gasteiger partial charge >= 0.3 is 0 Å². The van der Waals surface area contributed by atoms with E-state index in [0.717, 1.165) is 15.6 Å². The number of amides is 1. The fourth-order valence-corrected chi connectivity index (χ4v) is 3.06. The Morgan fingerprint density at radius 3 is 2.65 bits per heavy atom. The van der Waals surface area contributed by atoms with Crippen LogP contribution >= 0.6 is 11.3 Å². The van der Waals surface area contributed by atoms with Crippen LogP contribution in [0.5, 0.6) is 5.75 Å². The smallest absolute Gasteiger partial charge is 0.255 e. The summed E-state index contributed by atoms with van der Waals surface area (Å²) in [5, 5.41) is 13.8. The lowest BCUT2D eigenvalue weighted by atomic mass is 10.1. The molecule has 2 aromatic rings. The van der Waals surface area contributed by atoms with Crippen LogP contribution in [0.4, 0.5) is 0 Å². The SMILES string of the molecule is Cc1nc(C)c(C(C)NC(=O)c2cccc(C)c2O)s1. The van der Waals surface area contributed by atoms with E-state index in [-0.39, 0.29) is 17.7 Å². The van der Waals surface area contributed by atoms with E-state index in [1.807, 2.05) is 20.8 Å². The molecule has 1 aromatic heterocycles. The molecule has 1 heterocycles. The van der Waals surface area contributed by atoms with Crippen molar-refractivity contribution in [3.8, 4) is 5.75 Å². The second-order valence-electron chi connectivity index (χ2n) is 4.85. The van der Waals surface area contributed by atoms with Crippen LogP contribution in [0.3, 0.4) is 0 Å². The maximum Gasteiger partial charge on any atom is 0.255 e. The highest BCUT2D eigenvalue weighted by Crippen LogP contribution is 2.26. The van der Waals surface area contributed by atoms with E-state index in [2.05, 4.69) is 10.3 Å². The number of nitrogens with one attached hydrogen (secondary N) is 1. The van der Waals surface area contributed by atoms with Crippen LogP contribution in [0.25, 0.3) is 0 Å². The van der Waals surface area contributed by atoms with Gasteiger partial charge in [-0.3, -0.25) is 4.79 Å². The Morgan fingerprint density at radius 1 is 1.35 bits per heavy atom. The fourth-order valence-electron chi connectivity index (χ4n) is 2.13. The minimum absolute atomic E-state index is 0.0365. The predicted octanol–water partition coefficient (Wildman–Crippen LogP) is 3.26. The molecule has 0 fully saturated rings. The summed E-state index contributed by atoms with van der Waals surface area (Å²) in [6.07, 6.45) is 0. The third kappa shape index (κ3) is 2.82. The average Bonchev–Trinajstić information content (AvgIpc) is 2.71. The van der Waals surface area contributed by atoms with Crippen LogP contribution in [-0.2, 0) is 0 Å². The largest absolute Gasteiger partial charge is 0.507 e. The van der Waals surface area contributed by atoms with Crippen molar-refractivity contribution in [3.63, 3.8) is 0 Å². The second kappa shape index (κ2) is 5.63. The van der Waals surface area contributed by atoms with Crippen molar-refractivity contribution in [2.75, 3.05) is 0 Å². The van der Waals surface area contributed by atoms with Gasteiger partial charge in [0.2, 0.25) is 0 Å². The first-order valence-corrected chi connectivity index (χ1v) is 7.25. The number of phenolic OH excluding ortho intramolecular Hbond substituents is 1. The molecule has 0 bridgehead atoms. The number of aromatic nitrogens is 1. The van der Waals surface area contributed by atoms with Gasteiger partial charge in [-0.15, -0.1) is 11.3 Å². The molecule has 4 nitrogen and oxygen atoms in total. The molecular formula is C15H18N2O2S. The van der Waals surface area contributed by atoms with Gasteiger partial charge in [0.15, 0.2) is 0 Å². The number of aryl methyl sites for hydroxylation is 3. The second-order valence-corrected chi connectivity index (χ2v) is 6.08. The lowest BCUT2D eigenvalue weighted by Gasteiger charge is -2.14. The van der Waals surface area contributed by atoms with E-state index in [9.17, 15) is 9.90 Å². The van der Waals surface area contributed by atoms with Crippen LogP contribution in [0, 0.1) is 20.8 Å².